The first-order chi connectivity index (χ1) is 17.1. The summed E-state index contributed by atoms with van der Waals surface area (Å²) in [5, 5.41) is 3.43. The Kier molecular flexibility index (Phi) is 5.76. The van der Waals surface area contributed by atoms with Crippen LogP contribution in [0.2, 0.25) is 0 Å². The molecule has 0 aliphatic heterocycles. The molecular formula is C31H28O2P2. The smallest absolute Gasteiger partial charge is 0.147 e. The van der Waals surface area contributed by atoms with E-state index in [1.165, 1.54) is 0 Å². The molecule has 4 atom stereocenters. The molecule has 1 saturated carbocycles. The van der Waals surface area contributed by atoms with E-state index in [2.05, 4.69) is 12.2 Å². The topological polar surface area (TPSA) is 34.1 Å². The molecule has 0 heterocycles. The van der Waals surface area contributed by atoms with Gasteiger partial charge < -0.3 is 9.13 Å². The Morgan fingerprint density at radius 2 is 0.686 bits per heavy atom. The molecule has 4 aromatic carbocycles. The average Bonchev–Trinajstić information content (AvgIpc) is 3.57. The van der Waals surface area contributed by atoms with Crippen molar-refractivity contribution in [3.63, 3.8) is 0 Å². The minimum atomic E-state index is -3.13. The van der Waals surface area contributed by atoms with Crippen LogP contribution in [0.15, 0.2) is 133 Å². The van der Waals surface area contributed by atoms with E-state index in [4.69, 9.17) is 0 Å². The summed E-state index contributed by atoms with van der Waals surface area (Å²) in [6.07, 6.45) is 5.39. The Hall–Kier alpha value is -2.92. The predicted molar refractivity (Wildman–Crippen MR) is 148 cm³/mol. The van der Waals surface area contributed by atoms with Crippen LogP contribution in [0.4, 0.5) is 0 Å². The zero-order chi connectivity index (χ0) is 23.9. The van der Waals surface area contributed by atoms with Crippen LogP contribution in [-0.2, 0) is 9.13 Å². The summed E-state index contributed by atoms with van der Waals surface area (Å²) in [4.78, 5) is 0. The SMILES string of the molecule is O=P(c1ccccc1)(c1ccccc1)[C@@H]1[C@H](P(=O)(c2ccccc2)c2ccccc2)[C@@H]2C=C[C@H]1C2. The molecule has 6 rings (SSSR count). The van der Waals surface area contributed by atoms with E-state index < -0.39 is 14.3 Å². The molecule has 35 heavy (non-hydrogen) atoms. The van der Waals surface area contributed by atoms with Crippen LogP contribution < -0.4 is 21.2 Å². The summed E-state index contributed by atoms with van der Waals surface area (Å²) in [5.41, 5.74) is -0.456. The molecule has 4 aromatic rings. The minimum absolute atomic E-state index is 0.136. The summed E-state index contributed by atoms with van der Waals surface area (Å²) in [6, 6.07) is 39.6. The average molecular weight is 495 g/mol. The summed E-state index contributed by atoms with van der Waals surface area (Å²) >= 11 is 0. The van der Waals surface area contributed by atoms with Crippen molar-refractivity contribution in [1.29, 1.82) is 0 Å². The van der Waals surface area contributed by atoms with Gasteiger partial charge in [0.25, 0.3) is 0 Å². The molecule has 1 fully saturated rings. The highest BCUT2D eigenvalue weighted by molar-refractivity contribution is 7.83. The molecule has 2 aliphatic carbocycles. The molecule has 0 spiro atoms. The number of rotatable bonds is 6. The fourth-order valence-corrected chi connectivity index (χ4v) is 14.7. The molecule has 0 N–H and O–H groups in total. The molecular weight excluding hydrogens is 466 g/mol. The van der Waals surface area contributed by atoms with E-state index in [0.717, 1.165) is 27.6 Å². The molecule has 0 saturated heterocycles. The van der Waals surface area contributed by atoms with Gasteiger partial charge in [-0.2, -0.15) is 0 Å². The second kappa shape index (κ2) is 8.94. The third kappa shape index (κ3) is 3.55. The zero-order valence-electron chi connectivity index (χ0n) is 19.4. The fraction of sp³-hybridized carbons (Fsp3) is 0.161. The van der Waals surface area contributed by atoms with Crippen molar-refractivity contribution in [3.05, 3.63) is 133 Å². The van der Waals surface area contributed by atoms with Crippen LogP contribution in [0.25, 0.3) is 0 Å². The van der Waals surface area contributed by atoms with Gasteiger partial charge in [-0.05, 0) is 18.3 Å². The highest BCUT2D eigenvalue weighted by Crippen LogP contribution is 2.69. The molecule has 0 unspecified atom stereocenters. The van der Waals surface area contributed by atoms with Crippen molar-refractivity contribution in [2.45, 2.75) is 17.7 Å². The van der Waals surface area contributed by atoms with Crippen LogP contribution in [0, 0.1) is 11.8 Å². The molecule has 2 nitrogen and oxygen atoms in total. The van der Waals surface area contributed by atoms with Crippen LogP contribution in [0.5, 0.6) is 0 Å². The molecule has 4 heteroatoms. The highest BCUT2D eigenvalue weighted by Gasteiger charge is 2.60. The lowest BCUT2D eigenvalue weighted by Gasteiger charge is -2.40. The Labute approximate surface area is 207 Å². The quantitative estimate of drug-likeness (QED) is 0.245. The first-order valence-electron chi connectivity index (χ1n) is 12.2. The van der Waals surface area contributed by atoms with Gasteiger partial charge in [-0.15, -0.1) is 0 Å². The van der Waals surface area contributed by atoms with Crippen molar-refractivity contribution >= 4 is 35.5 Å². The monoisotopic (exact) mass is 494 g/mol. The third-order valence-corrected chi connectivity index (χ3v) is 15.4. The van der Waals surface area contributed by atoms with Crippen LogP contribution in [-0.4, -0.2) is 11.3 Å². The Balaban J connectivity index is 1.63. The molecule has 0 amide bonds. The summed E-state index contributed by atoms with van der Waals surface area (Å²) < 4.78 is 31.1. The Morgan fingerprint density at radius 3 is 0.943 bits per heavy atom. The van der Waals surface area contributed by atoms with Gasteiger partial charge in [-0.25, -0.2) is 0 Å². The first-order valence-corrected chi connectivity index (χ1v) is 15.8. The molecule has 174 valence electrons. The van der Waals surface area contributed by atoms with Gasteiger partial charge in [-0.3, -0.25) is 0 Å². The van der Waals surface area contributed by atoms with Crippen molar-refractivity contribution < 1.29 is 9.13 Å². The lowest BCUT2D eigenvalue weighted by molar-refractivity contribution is 0.549. The Morgan fingerprint density at radius 1 is 0.429 bits per heavy atom. The van der Waals surface area contributed by atoms with Crippen molar-refractivity contribution in [2.24, 2.45) is 11.8 Å². The van der Waals surface area contributed by atoms with Gasteiger partial charge in [-0.1, -0.05) is 133 Å². The van der Waals surface area contributed by atoms with E-state index in [-0.39, 0.29) is 23.2 Å². The van der Waals surface area contributed by atoms with Gasteiger partial charge in [0.05, 0.1) is 0 Å². The van der Waals surface area contributed by atoms with Gasteiger partial charge in [0.15, 0.2) is 0 Å². The number of hydrogen-bond donors (Lipinski definition) is 0. The fourth-order valence-electron chi connectivity index (χ4n) is 6.32. The number of benzene rings is 4. The van der Waals surface area contributed by atoms with E-state index in [1.807, 2.05) is 121 Å². The Bertz CT molecular complexity index is 1230. The number of allylic oxidation sites excluding steroid dienone is 2. The van der Waals surface area contributed by atoms with Gasteiger partial charge in [0.1, 0.15) is 14.3 Å². The van der Waals surface area contributed by atoms with Crippen LogP contribution in [0.1, 0.15) is 6.42 Å². The molecule has 2 aliphatic rings. The molecule has 0 aromatic heterocycles. The van der Waals surface area contributed by atoms with Gasteiger partial charge in [0.2, 0.25) is 0 Å². The lowest BCUT2D eigenvalue weighted by atomic mass is 10.1. The van der Waals surface area contributed by atoms with E-state index in [0.29, 0.717) is 0 Å². The van der Waals surface area contributed by atoms with Crippen LogP contribution in [0.3, 0.4) is 0 Å². The number of hydrogen-bond acceptors (Lipinski definition) is 2. The minimum Gasteiger partial charge on any atom is -0.313 e. The molecule has 2 bridgehead atoms. The summed E-state index contributed by atoms with van der Waals surface area (Å²) in [5.74, 6) is 0.272. The molecule has 0 radical (unpaired) electrons. The second-order valence-electron chi connectivity index (χ2n) is 9.59. The highest BCUT2D eigenvalue weighted by atomic mass is 31.2. The second-order valence-corrected chi connectivity index (χ2v) is 15.5. The lowest BCUT2D eigenvalue weighted by Crippen LogP contribution is -2.41. The van der Waals surface area contributed by atoms with Crippen molar-refractivity contribution in [1.82, 2.24) is 0 Å². The maximum absolute atomic E-state index is 15.6. The van der Waals surface area contributed by atoms with Gasteiger partial charge >= 0.3 is 0 Å². The largest absolute Gasteiger partial charge is 0.313 e. The van der Waals surface area contributed by atoms with E-state index in [1.54, 1.807) is 0 Å². The standard InChI is InChI=1S/C31H28O2P2/c32-34(26-13-5-1-6-14-26,27-15-7-2-8-16-27)30-24-21-22-25(23-24)31(30)35(33,28-17-9-3-10-18-28)29-19-11-4-12-20-29/h1-22,24-25,30-31H,23H2/t24-,25+,30-,31+. The normalized spacial score (nSPS) is 23.4. The van der Waals surface area contributed by atoms with Gasteiger partial charge in [0, 0.05) is 32.5 Å². The summed E-state index contributed by atoms with van der Waals surface area (Å²) in [7, 11) is -6.26. The summed E-state index contributed by atoms with van der Waals surface area (Å²) in [6.45, 7) is 0. The number of fused-ring (bicyclic) bond motifs is 2. The first kappa shape index (κ1) is 22.5. The van der Waals surface area contributed by atoms with E-state index in [9.17, 15) is 0 Å². The maximum Gasteiger partial charge on any atom is 0.147 e. The predicted octanol–water partition coefficient (Wildman–Crippen LogP) is 5.96. The van der Waals surface area contributed by atoms with Crippen LogP contribution >= 0.6 is 14.3 Å². The van der Waals surface area contributed by atoms with E-state index >= 15 is 9.13 Å². The zero-order valence-corrected chi connectivity index (χ0v) is 21.2. The van der Waals surface area contributed by atoms with Crippen molar-refractivity contribution in [3.8, 4) is 0 Å². The maximum atomic E-state index is 15.6. The van der Waals surface area contributed by atoms with Crippen molar-refractivity contribution in [2.75, 3.05) is 0 Å². The third-order valence-electron chi connectivity index (χ3n) is 7.78.